The molecule has 3 rings (SSSR count). The van der Waals surface area contributed by atoms with Gasteiger partial charge in [-0.2, -0.15) is 0 Å². The summed E-state index contributed by atoms with van der Waals surface area (Å²) in [7, 11) is 0. The summed E-state index contributed by atoms with van der Waals surface area (Å²) in [5.74, 6) is 0.893. The Hall–Kier alpha value is -1.30. The van der Waals surface area contributed by atoms with E-state index in [9.17, 15) is 0 Å². The third kappa shape index (κ3) is 6.66. The minimum absolute atomic E-state index is 0.463. The molecule has 2 aromatic rings. The minimum atomic E-state index is 0.463. The lowest BCUT2D eigenvalue weighted by atomic mass is 10.2. The van der Waals surface area contributed by atoms with Crippen LogP contribution in [0, 0.1) is 0 Å². The molecule has 2 aromatic carbocycles. The molecule has 1 N–H and O–H groups in total. The van der Waals surface area contributed by atoms with Gasteiger partial charge in [-0.15, -0.1) is 0 Å². The molecular weight excluding hydrogens is 383 g/mol. The molecule has 1 aliphatic rings. The first kappa shape index (κ1) is 20.4. The summed E-state index contributed by atoms with van der Waals surface area (Å²) in [4.78, 5) is 2.46. The summed E-state index contributed by atoms with van der Waals surface area (Å²) in [6.07, 6.45) is 1.13. The van der Waals surface area contributed by atoms with Crippen molar-refractivity contribution in [2.24, 2.45) is 0 Å². The van der Waals surface area contributed by atoms with Crippen molar-refractivity contribution in [3.63, 3.8) is 0 Å². The van der Waals surface area contributed by atoms with Crippen LogP contribution in [0.4, 0.5) is 0 Å². The van der Waals surface area contributed by atoms with Crippen LogP contribution in [-0.2, 0) is 17.9 Å². The molecule has 27 heavy (non-hydrogen) atoms. The largest absolute Gasteiger partial charge is 0.489 e. The van der Waals surface area contributed by atoms with Crippen LogP contribution >= 0.6 is 23.2 Å². The Morgan fingerprint density at radius 3 is 2.67 bits per heavy atom. The first-order valence-electron chi connectivity index (χ1n) is 9.38. The van der Waals surface area contributed by atoms with Gasteiger partial charge in [-0.1, -0.05) is 47.5 Å². The highest BCUT2D eigenvalue weighted by Gasteiger charge is 2.09. The number of hydrogen-bond acceptors (Lipinski definition) is 4. The van der Waals surface area contributed by atoms with Crippen molar-refractivity contribution >= 4 is 23.2 Å². The van der Waals surface area contributed by atoms with E-state index in [1.54, 1.807) is 6.07 Å². The second kappa shape index (κ2) is 10.9. The number of morpholine rings is 1. The van der Waals surface area contributed by atoms with E-state index in [1.807, 2.05) is 30.3 Å². The number of nitrogens with one attached hydrogen (secondary N) is 1. The SMILES string of the molecule is Clc1ccc(COc2ccccc2CNCCCN2CCOCC2)cc1Cl. The third-order valence-electron chi connectivity index (χ3n) is 4.60. The van der Waals surface area contributed by atoms with E-state index in [4.69, 9.17) is 32.7 Å². The normalized spacial score (nSPS) is 15.0. The average Bonchev–Trinajstić information content (AvgIpc) is 2.70. The summed E-state index contributed by atoms with van der Waals surface area (Å²) >= 11 is 12.0. The van der Waals surface area contributed by atoms with Gasteiger partial charge in [0, 0.05) is 25.2 Å². The molecule has 0 aromatic heterocycles. The zero-order valence-corrected chi connectivity index (χ0v) is 16.9. The Labute approximate surface area is 171 Å². The number of halogens is 2. The molecular formula is C21H26Cl2N2O2. The Morgan fingerprint density at radius 2 is 1.85 bits per heavy atom. The van der Waals surface area contributed by atoms with Crippen molar-refractivity contribution in [3.8, 4) is 5.75 Å². The standard InChI is InChI=1S/C21H26Cl2N2O2/c22-19-7-6-17(14-20(19)23)16-27-21-5-2-1-4-18(21)15-24-8-3-9-25-10-12-26-13-11-25/h1-2,4-7,14,24H,3,8-13,15-16H2. The predicted octanol–water partition coefficient (Wildman–Crippen LogP) is 4.38. The second-order valence-corrected chi connectivity index (χ2v) is 7.44. The lowest BCUT2D eigenvalue weighted by Crippen LogP contribution is -2.37. The van der Waals surface area contributed by atoms with Crippen LogP contribution in [-0.4, -0.2) is 44.3 Å². The monoisotopic (exact) mass is 408 g/mol. The maximum absolute atomic E-state index is 6.07. The molecule has 1 aliphatic heterocycles. The minimum Gasteiger partial charge on any atom is -0.489 e. The molecule has 0 amide bonds. The van der Waals surface area contributed by atoms with E-state index < -0.39 is 0 Å². The molecule has 0 radical (unpaired) electrons. The Balaban J connectivity index is 1.43. The van der Waals surface area contributed by atoms with E-state index in [1.165, 1.54) is 0 Å². The lowest BCUT2D eigenvalue weighted by molar-refractivity contribution is 0.0374. The van der Waals surface area contributed by atoms with Crippen LogP contribution < -0.4 is 10.1 Å². The Kier molecular flexibility index (Phi) is 8.24. The van der Waals surface area contributed by atoms with Crippen molar-refractivity contribution in [1.82, 2.24) is 10.2 Å². The summed E-state index contributed by atoms with van der Waals surface area (Å²) in [5, 5.41) is 4.63. The van der Waals surface area contributed by atoms with Gasteiger partial charge < -0.3 is 14.8 Å². The van der Waals surface area contributed by atoms with Gasteiger partial charge in [-0.05, 0) is 43.3 Å². The molecule has 0 unspecified atom stereocenters. The number of hydrogen-bond donors (Lipinski definition) is 1. The second-order valence-electron chi connectivity index (χ2n) is 6.63. The number of nitrogens with zero attached hydrogens (tertiary/aromatic N) is 1. The van der Waals surface area contributed by atoms with Gasteiger partial charge in [0.1, 0.15) is 12.4 Å². The average molecular weight is 409 g/mol. The van der Waals surface area contributed by atoms with Gasteiger partial charge >= 0.3 is 0 Å². The van der Waals surface area contributed by atoms with Crippen LogP contribution in [0.3, 0.4) is 0 Å². The summed E-state index contributed by atoms with van der Waals surface area (Å²) in [6, 6.07) is 13.7. The van der Waals surface area contributed by atoms with Crippen LogP contribution in [0.25, 0.3) is 0 Å². The first-order chi connectivity index (χ1) is 13.2. The van der Waals surface area contributed by atoms with E-state index in [-0.39, 0.29) is 0 Å². The van der Waals surface area contributed by atoms with Gasteiger partial charge in [0.2, 0.25) is 0 Å². The van der Waals surface area contributed by atoms with Crippen molar-refractivity contribution in [2.45, 2.75) is 19.6 Å². The van der Waals surface area contributed by atoms with E-state index >= 15 is 0 Å². The van der Waals surface area contributed by atoms with Crippen molar-refractivity contribution in [3.05, 3.63) is 63.6 Å². The number of ether oxygens (including phenoxy) is 2. The lowest BCUT2D eigenvalue weighted by Gasteiger charge is -2.26. The zero-order chi connectivity index (χ0) is 18.9. The summed E-state index contributed by atoms with van der Waals surface area (Å²) in [6.45, 7) is 7.17. The maximum Gasteiger partial charge on any atom is 0.124 e. The van der Waals surface area contributed by atoms with E-state index in [2.05, 4.69) is 16.3 Å². The molecule has 0 spiro atoms. The molecule has 0 aliphatic carbocycles. The van der Waals surface area contributed by atoms with Gasteiger partial charge in [-0.25, -0.2) is 0 Å². The van der Waals surface area contributed by atoms with Crippen LogP contribution in [0.2, 0.25) is 10.0 Å². The van der Waals surface area contributed by atoms with E-state index in [0.29, 0.717) is 16.7 Å². The fourth-order valence-electron chi connectivity index (χ4n) is 3.06. The molecule has 6 heteroatoms. The molecule has 0 saturated carbocycles. The Bertz CT molecular complexity index is 721. The maximum atomic E-state index is 6.07. The fourth-order valence-corrected chi connectivity index (χ4v) is 3.38. The molecule has 4 nitrogen and oxygen atoms in total. The molecule has 0 atom stereocenters. The topological polar surface area (TPSA) is 33.7 Å². The van der Waals surface area contributed by atoms with Gasteiger partial charge in [-0.3, -0.25) is 4.90 Å². The number of para-hydroxylation sites is 1. The summed E-state index contributed by atoms with van der Waals surface area (Å²) < 4.78 is 11.4. The quantitative estimate of drug-likeness (QED) is 0.623. The van der Waals surface area contributed by atoms with Gasteiger partial charge in [0.15, 0.2) is 0 Å². The summed E-state index contributed by atoms with van der Waals surface area (Å²) in [5.41, 5.74) is 2.15. The highest BCUT2D eigenvalue weighted by Crippen LogP contribution is 2.24. The van der Waals surface area contributed by atoms with Gasteiger partial charge in [0.05, 0.1) is 23.3 Å². The molecule has 1 fully saturated rings. The Morgan fingerprint density at radius 1 is 1.04 bits per heavy atom. The fraction of sp³-hybridized carbons (Fsp3) is 0.429. The molecule has 0 bridgehead atoms. The van der Waals surface area contributed by atoms with Crippen LogP contribution in [0.1, 0.15) is 17.5 Å². The predicted molar refractivity (Wildman–Crippen MR) is 111 cm³/mol. The third-order valence-corrected chi connectivity index (χ3v) is 5.34. The van der Waals surface area contributed by atoms with Crippen LogP contribution in [0.5, 0.6) is 5.75 Å². The van der Waals surface area contributed by atoms with Crippen molar-refractivity contribution < 1.29 is 9.47 Å². The number of rotatable bonds is 9. The van der Waals surface area contributed by atoms with Gasteiger partial charge in [0.25, 0.3) is 0 Å². The van der Waals surface area contributed by atoms with Crippen molar-refractivity contribution in [1.29, 1.82) is 0 Å². The number of benzene rings is 2. The zero-order valence-electron chi connectivity index (χ0n) is 15.4. The molecule has 1 saturated heterocycles. The molecule has 1 heterocycles. The highest BCUT2D eigenvalue weighted by atomic mass is 35.5. The van der Waals surface area contributed by atoms with E-state index in [0.717, 1.165) is 69.2 Å². The van der Waals surface area contributed by atoms with Crippen LogP contribution in [0.15, 0.2) is 42.5 Å². The van der Waals surface area contributed by atoms with Crippen molar-refractivity contribution in [2.75, 3.05) is 39.4 Å². The first-order valence-corrected chi connectivity index (χ1v) is 10.1. The molecule has 146 valence electrons. The highest BCUT2D eigenvalue weighted by molar-refractivity contribution is 6.42. The smallest absolute Gasteiger partial charge is 0.124 e.